The number of carbonyl (C=O) groups is 1. The van der Waals surface area contributed by atoms with E-state index in [-0.39, 0.29) is 11.6 Å². The van der Waals surface area contributed by atoms with Crippen molar-refractivity contribution in [3.05, 3.63) is 82.4 Å². The zero-order valence-corrected chi connectivity index (χ0v) is 20.4. The first kappa shape index (κ1) is 27.2. The minimum atomic E-state index is -4.93. The number of aryl methyl sites for hydroxylation is 1. The van der Waals surface area contributed by atoms with E-state index in [2.05, 4.69) is 29.3 Å². The van der Waals surface area contributed by atoms with Gasteiger partial charge in [0.25, 0.3) is 0 Å². The first-order valence-electron chi connectivity index (χ1n) is 12.2. The summed E-state index contributed by atoms with van der Waals surface area (Å²) >= 11 is 0. The third-order valence-electron chi connectivity index (χ3n) is 7.04. The monoisotopic (exact) mass is 525 g/mol. The van der Waals surface area contributed by atoms with Crippen LogP contribution in [0.3, 0.4) is 0 Å². The number of hydrogen-bond acceptors (Lipinski definition) is 3. The first-order chi connectivity index (χ1) is 17.4. The minimum Gasteiger partial charge on any atom is -0.350 e. The summed E-state index contributed by atoms with van der Waals surface area (Å²) in [5, 5.41) is 2.51. The largest absolute Gasteiger partial charge is 0.416 e. The molecule has 4 nitrogen and oxygen atoms in total. The highest BCUT2D eigenvalue weighted by Gasteiger charge is 2.37. The van der Waals surface area contributed by atoms with Gasteiger partial charge in [-0.3, -0.25) is 9.69 Å². The molecule has 0 bridgehead atoms. The smallest absolute Gasteiger partial charge is 0.350 e. The molecule has 37 heavy (non-hydrogen) atoms. The molecule has 200 valence electrons. The van der Waals surface area contributed by atoms with Crippen molar-refractivity contribution in [1.82, 2.24) is 15.1 Å². The molecule has 1 amide bonds. The van der Waals surface area contributed by atoms with Crippen LogP contribution < -0.4 is 5.32 Å². The maximum atomic E-state index is 13.1. The highest BCUT2D eigenvalue weighted by Crippen LogP contribution is 2.36. The Morgan fingerprint density at radius 3 is 2.32 bits per heavy atom. The summed E-state index contributed by atoms with van der Waals surface area (Å²) in [7, 11) is 0. The van der Waals surface area contributed by atoms with Gasteiger partial charge in [-0.05, 0) is 60.7 Å². The van der Waals surface area contributed by atoms with E-state index < -0.39 is 42.0 Å². The molecule has 2 aliphatic rings. The second-order valence-corrected chi connectivity index (χ2v) is 9.64. The Balaban J connectivity index is 1.33. The number of halogens is 6. The second-order valence-electron chi connectivity index (χ2n) is 9.64. The number of alkyl halides is 6. The molecule has 2 heterocycles. The van der Waals surface area contributed by atoms with E-state index in [1.165, 1.54) is 11.1 Å². The van der Waals surface area contributed by atoms with Crippen molar-refractivity contribution in [2.75, 3.05) is 32.7 Å². The highest BCUT2D eigenvalue weighted by atomic mass is 19.4. The number of amides is 1. The van der Waals surface area contributed by atoms with Gasteiger partial charge in [0.1, 0.15) is 6.04 Å². The maximum Gasteiger partial charge on any atom is 0.416 e. The summed E-state index contributed by atoms with van der Waals surface area (Å²) in [5.74, 6) is 0.00461. The van der Waals surface area contributed by atoms with Crippen LogP contribution in [0.4, 0.5) is 26.3 Å². The standard InChI is InChI=1S/C27H29F6N3O/c1-18-5-2-3-6-23(18)20-8-10-35(17-20)11-12-36-9-4-7-24(36)25(37)34-16-19-13-21(26(28,29)30)15-22(14-19)27(31,32)33/h2-7,13-15,20,24H,8-12,16-17H2,1H3,(H,34,37)/t20?,24-/m0/s1. The van der Waals surface area contributed by atoms with Crippen LogP contribution in [0.25, 0.3) is 0 Å². The van der Waals surface area contributed by atoms with Gasteiger partial charge >= 0.3 is 12.4 Å². The van der Waals surface area contributed by atoms with Gasteiger partial charge in [0.15, 0.2) is 0 Å². The van der Waals surface area contributed by atoms with Crippen LogP contribution in [0.15, 0.2) is 54.6 Å². The molecule has 1 unspecified atom stereocenters. The van der Waals surface area contributed by atoms with Gasteiger partial charge in [-0.25, -0.2) is 0 Å². The van der Waals surface area contributed by atoms with E-state index in [0.717, 1.165) is 26.1 Å². The predicted octanol–water partition coefficient (Wildman–Crippen LogP) is 5.38. The van der Waals surface area contributed by atoms with Gasteiger partial charge in [0.05, 0.1) is 11.1 Å². The topological polar surface area (TPSA) is 35.6 Å². The number of carbonyl (C=O) groups excluding carboxylic acids is 1. The molecule has 2 aromatic carbocycles. The number of rotatable bonds is 7. The summed E-state index contributed by atoms with van der Waals surface area (Å²) in [6.07, 6.45) is -5.25. The number of nitrogens with zero attached hydrogens (tertiary/aromatic N) is 2. The Kier molecular flexibility index (Phi) is 7.99. The SMILES string of the molecule is Cc1ccccc1C1CCN(CCN2CC=C[C@H]2C(=O)NCc2cc(C(F)(F)F)cc(C(F)(F)F)c2)C1. The Bertz CT molecular complexity index is 1110. The van der Waals surface area contributed by atoms with Crippen molar-refractivity contribution in [3.63, 3.8) is 0 Å². The molecule has 2 aliphatic heterocycles. The Labute approximate surface area is 211 Å². The predicted molar refractivity (Wildman–Crippen MR) is 128 cm³/mol. The van der Waals surface area contributed by atoms with Gasteiger partial charge in [0.2, 0.25) is 5.91 Å². The van der Waals surface area contributed by atoms with Crippen molar-refractivity contribution in [2.24, 2.45) is 0 Å². The van der Waals surface area contributed by atoms with Crippen molar-refractivity contribution >= 4 is 5.91 Å². The van der Waals surface area contributed by atoms with E-state index in [1.54, 1.807) is 6.08 Å². The average molecular weight is 526 g/mol. The molecule has 0 aromatic heterocycles. The van der Waals surface area contributed by atoms with Crippen molar-refractivity contribution in [2.45, 2.75) is 44.2 Å². The van der Waals surface area contributed by atoms with E-state index in [1.807, 2.05) is 23.1 Å². The first-order valence-corrected chi connectivity index (χ1v) is 12.2. The maximum absolute atomic E-state index is 13.1. The number of likely N-dealkylation sites (tertiary alicyclic amines) is 1. The van der Waals surface area contributed by atoms with Crippen LogP contribution in [0, 0.1) is 6.92 Å². The normalized spacial score (nSPS) is 21.1. The average Bonchev–Trinajstić information content (AvgIpc) is 3.50. The van der Waals surface area contributed by atoms with Crippen molar-refractivity contribution in [1.29, 1.82) is 0 Å². The quantitative estimate of drug-likeness (QED) is 0.390. The molecule has 2 aromatic rings. The lowest BCUT2D eigenvalue weighted by Gasteiger charge is -2.26. The molecule has 0 radical (unpaired) electrons. The van der Waals surface area contributed by atoms with Crippen LogP contribution in [-0.2, 0) is 23.7 Å². The third-order valence-corrected chi connectivity index (χ3v) is 7.04. The fourth-order valence-corrected chi connectivity index (χ4v) is 5.06. The molecule has 0 saturated carbocycles. The van der Waals surface area contributed by atoms with E-state index in [9.17, 15) is 31.1 Å². The van der Waals surface area contributed by atoms with Crippen LogP contribution in [0.1, 0.15) is 40.2 Å². The summed E-state index contributed by atoms with van der Waals surface area (Å²) in [5.41, 5.74) is -0.429. The Morgan fingerprint density at radius 2 is 1.68 bits per heavy atom. The Morgan fingerprint density at radius 1 is 1.00 bits per heavy atom. The third kappa shape index (κ3) is 6.73. The lowest BCUT2D eigenvalue weighted by Crippen LogP contribution is -2.45. The van der Waals surface area contributed by atoms with Crippen LogP contribution in [-0.4, -0.2) is 54.5 Å². The molecule has 2 atom stereocenters. The number of nitrogens with one attached hydrogen (secondary N) is 1. The summed E-state index contributed by atoms with van der Waals surface area (Å²) in [4.78, 5) is 17.1. The fraction of sp³-hybridized carbons (Fsp3) is 0.444. The van der Waals surface area contributed by atoms with Crippen molar-refractivity contribution < 1.29 is 31.1 Å². The second kappa shape index (κ2) is 10.9. The summed E-state index contributed by atoms with van der Waals surface area (Å²) < 4.78 is 78.7. The van der Waals surface area contributed by atoms with Gasteiger partial charge in [0, 0.05) is 32.7 Å². The lowest BCUT2D eigenvalue weighted by molar-refractivity contribution is -0.143. The molecule has 1 N–H and O–H groups in total. The number of hydrogen-bond donors (Lipinski definition) is 1. The molecule has 4 rings (SSSR count). The van der Waals surface area contributed by atoms with E-state index in [0.29, 0.717) is 31.1 Å². The molecular formula is C27H29F6N3O. The highest BCUT2D eigenvalue weighted by molar-refractivity contribution is 5.84. The Hall–Kier alpha value is -2.85. The molecule has 0 aliphatic carbocycles. The van der Waals surface area contributed by atoms with Gasteiger partial charge < -0.3 is 10.2 Å². The fourth-order valence-electron chi connectivity index (χ4n) is 5.06. The van der Waals surface area contributed by atoms with Crippen LogP contribution in [0.2, 0.25) is 0 Å². The molecular weight excluding hydrogens is 496 g/mol. The van der Waals surface area contributed by atoms with Gasteiger partial charge in [-0.15, -0.1) is 0 Å². The summed E-state index contributed by atoms with van der Waals surface area (Å²) in [6.45, 7) is 5.49. The van der Waals surface area contributed by atoms with Gasteiger partial charge in [-0.2, -0.15) is 26.3 Å². The zero-order chi connectivity index (χ0) is 26.8. The number of benzene rings is 2. The molecule has 1 fully saturated rings. The zero-order valence-electron chi connectivity index (χ0n) is 20.4. The van der Waals surface area contributed by atoms with E-state index >= 15 is 0 Å². The molecule has 1 saturated heterocycles. The lowest BCUT2D eigenvalue weighted by atomic mass is 9.94. The molecule has 0 spiro atoms. The summed E-state index contributed by atoms with van der Waals surface area (Å²) in [6, 6.07) is 9.08. The minimum absolute atomic E-state index is 0.0782. The molecule has 10 heteroatoms. The van der Waals surface area contributed by atoms with Gasteiger partial charge in [-0.1, -0.05) is 36.4 Å². The van der Waals surface area contributed by atoms with Crippen molar-refractivity contribution in [3.8, 4) is 0 Å². The van der Waals surface area contributed by atoms with Crippen LogP contribution >= 0.6 is 0 Å². The van der Waals surface area contributed by atoms with E-state index in [4.69, 9.17) is 0 Å². The van der Waals surface area contributed by atoms with Crippen LogP contribution in [0.5, 0.6) is 0 Å².